The zero-order chi connectivity index (χ0) is 14.9. The van der Waals surface area contributed by atoms with E-state index in [0.717, 1.165) is 38.6 Å². The van der Waals surface area contributed by atoms with E-state index < -0.39 is 0 Å². The highest BCUT2D eigenvalue weighted by Gasteiger charge is 2.13. The van der Waals surface area contributed by atoms with Crippen molar-refractivity contribution >= 4 is 11.6 Å². The van der Waals surface area contributed by atoms with Crippen LogP contribution in [-0.4, -0.2) is 7.11 Å². The van der Waals surface area contributed by atoms with Gasteiger partial charge in [-0.3, -0.25) is 0 Å². The maximum absolute atomic E-state index is 6.38. The fraction of sp³-hybridized carbons (Fsp3) is 0.294. The summed E-state index contributed by atoms with van der Waals surface area (Å²) in [6.07, 6.45) is 0. The topological polar surface area (TPSA) is 35.2 Å². The lowest BCUT2D eigenvalue weighted by molar-refractivity contribution is 0.408. The molecule has 2 rings (SSSR count). The molecule has 1 atom stereocenters. The van der Waals surface area contributed by atoms with E-state index in [4.69, 9.17) is 22.1 Å². The van der Waals surface area contributed by atoms with Gasteiger partial charge in [-0.25, -0.2) is 0 Å². The van der Waals surface area contributed by atoms with Crippen LogP contribution < -0.4 is 10.5 Å². The van der Waals surface area contributed by atoms with Gasteiger partial charge in [0.1, 0.15) is 5.75 Å². The number of hydrogen-bond donors (Lipinski definition) is 1. The molecule has 2 nitrogen and oxygen atoms in total. The van der Waals surface area contributed by atoms with E-state index >= 15 is 0 Å². The van der Waals surface area contributed by atoms with E-state index in [1.807, 2.05) is 39.0 Å². The third-order valence-electron chi connectivity index (χ3n) is 3.59. The zero-order valence-electron chi connectivity index (χ0n) is 12.3. The van der Waals surface area contributed by atoms with Crippen LogP contribution in [0.4, 0.5) is 0 Å². The molecule has 0 heterocycles. The summed E-state index contributed by atoms with van der Waals surface area (Å²) in [7, 11) is 1.69. The van der Waals surface area contributed by atoms with Gasteiger partial charge in [-0.1, -0.05) is 35.9 Å². The third-order valence-corrected chi connectivity index (χ3v) is 4.01. The van der Waals surface area contributed by atoms with Gasteiger partial charge in [-0.15, -0.1) is 0 Å². The Morgan fingerprint density at radius 1 is 0.950 bits per heavy atom. The van der Waals surface area contributed by atoms with Crippen LogP contribution in [0.25, 0.3) is 0 Å². The van der Waals surface area contributed by atoms with Crippen molar-refractivity contribution in [1.29, 1.82) is 0 Å². The van der Waals surface area contributed by atoms with Crippen molar-refractivity contribution in [2.24, 2.45) is 5.73 Å². The summed E-state index contributed by atoms with van der Waals surface area (Å²) in [5.74, 6) is 0.924. The minimum absolute atomic E-state index is 0.158. The Labute approximate surface area is 125 Å². The molecule has 3 heteroatoms. The van der Waals surface area contributed by atoms with Gasteiger partial charge < -0.3 is 10.5 Å². The van der Waals surface area contributed by atoms with Crippen molar-refractivity contribution in [1.82, 2.24) is 0 Å². The molecule has 0 aliphatic carbocycles. The van der Waals surface area contributed by atoms with Crippen LogP contribution in [-0.2, 0) is 0 Å². The van der Waals surface area contributed by atoms with Crippen molar-refractivity contribution < 1.29 is 4.74 Å². The van der Waals surface area contributed by atoms with Gasteiger partial charge in [-0.05, 0) is 54.7 Å². The van der Waals surface area contributed by atoms with Crippen LogP contribution in [0.15, 0.2) is 30.3 Å². The molecule has 0 aliphatic rings. The normalized spacial score (nSPS) is 12.3. The lowest BCUT2D eigenvalue weighted by Crippen LogP contribution is -2.13. The van der Waals surface area contributed by atoms with Crippen molar-refractivity contribution in [3.63, 3.8) is 0 Å². The maximum atomic E-state index is 6.38. The molecular weight excluding hydrogens is 270 g/mol. The van der Waals surface area contributed by atoms with E-state index in [1.54, 1.807) is 7.11 Å². The molecule has 0 spiro atoms. The Morgan fingerprint density at radius 3 is 2.00 bits per heavy atom. The highest BCUT2D eigenvalue weighted by atomic mass is 35.5. The number of nitrogens with two attached hydrogens (primary N) is 1. The summed E-state index contributed by atoms with van der Waals surface area (Å²) < 4.78 is 5.39. The molecule has 2 aromatic rings. The molecule has 0 aliphatic heterocycles. The Hall–Kier alpha value is -1.51. The average Bonchev–Trinajstić information content (AvgIpc) is 2.40. The molecule has 1 unspecified atom stereocenters. The second kappa shape index (κ2) is 5.86. The fourth-order valence-electron chi connectivity index (χ4n) is 2.54. The van der Waals surface area contributed by atoms with Gasteiger partial charge in [0, 0.05) is 5.02 Å². The first-order valence-corrected chi connectivity index (χ1v) is 6.98. The van der Waals surface area contributed by atoms with Crippen molar-refractivity contribution in [2.75, 3.05) is 7.11 Å². The van der Waals surface area contributed by atoms with Crippen LogP contribution in [0.2, 0.25) is 5.02 Å². The highest BCUT2D eigenvalue weighted by molar-refractivity contribution is 6.31. The smallest absolute Gasteiger partial charge is 0.124 e. The molecule has 2 aromatic carbocycles. The first-order valence-electron chi connectivity index (χ1n) is 6.60. The number of halogens is 1. The molecule has 2 N–H and O–H groups in total. The number of hydrogen-bond acceptors (Lipinski definition) is 2. The van der Waals surface area contributed by atoms with Gasteiger partial charge in [0.05, 0.1) is 13.2 Å². The van der Waals surface area contributed by atoms with Gasteiger partial charge in [0.2, 0.25) is 0 Å². The van der Waals surface area contributed by atoms with Crippen LogP contribution in [0, 0.1) is 20.8 Å². The molecule has 0 saturated heterocycles. The zero-order valence-corrected chi connectivity index (χ0v) is 13.1. The molecule has 0 fully saturated rings. The Balaban J connectivity index is 2.42. The van der Waals surface area contributed by atoms with Crippen molar-refractivity contribution in [2.45, 2.75) is 26.8 Å². The summed E-state index contributed by atoms with van der Waals surface area (Å²) in [6, 6.07) is 9.93. The first-order chi connectivity index (χ1) is 9.43. The Morgan fingerprint density at radius 2 is 1.50 bits per heavy atom. The van der Waals surface area contributed by atoms with E-state index in [1.165, 1.54) is 0 Å². The van der Waals surface area contributed by atoms with Crippen LogP contribution in [0.5, 0.6) is 5.75 Å². The quantitative estimate of drug-likeness (QED) is 0.913. The SMILES string of the molecule is COc1c(C)cc(C(N)c2ccc(Cl)c(C)c2)cc1C. The Bertz CT molecular complexity index is 614. The molecule has 0 amide bonds. The Kier molecular flexibility index (Phi) is 4.36. The van der Waals surface area contributed by atoms with Crippen LogP contribution in [0.1, 0.15) is 33.9 Å². The minimum atomic E-state index is -0.158. The summed E-state index contributed by atoms with van der Waals surface area (Å²) >= 11 is 6.06. The van der Waals surface area contributed by atoms with E-state index in [0.29, 0.717) is 0 Å². The van der Waals surface area contributed by atoms with Gasteiger partial charge in [0.15, 0.2) is 0 Å². The monoisotopic (exact) mass is 289 g/mol. The molecule has 0 bridgehead atoms. The summed E-state index contributed by atoms with van der Waals surface area (Å²) in [5.41, 5.74) is 11.8. The van der Waals surface area contributed by atoms with Crippen molar-refractivity contribution in [3.05, 3.63) is 63.2 Å². The number of ether oxygens (including phenoxy) is 1. The predicted molar refractivity (Wildman–Crippen MR) is 84.7 cm³/mol. The molecule has 106 valence electrons. The molecular formula is C17H20ClNO. The standard InChI is InChI=1S/C17H20ClNO/c1-10-7-13(5-6-15(10)18)16(19)14-8-11(2)17(20-4)12(3)9-14/h5-9,16H,19H2,1-4H3. The first kappa shape index (κ1) is 14.9. The molecule has 20 heavy (non-hydrogen) atoms. The lowest BCUT2D eigenvalue weighted by Gasteiger charge is -2.17. The van der Waals surface area contributed by atoms with Crippen molar-refractivity contribution in [3.8, 4) is 5.75 Å². The van der Waals surface area contributed by atoms with E-state index in [-0.39, 0.29) is 6.04 Å². The summed E-state index contributed by atoms with van der Waals surface area (Å²) in [6.45, 7) is 6.06. The number of aryl methyl sites for hydroxylation is 3. The second-order valence-electron chi connectivity index (χ2n) is 5.17. The van der Waals surface area contributed by atoms with Crippen LogP contribution >= 0.6 is 11.6 Å². The second-order valence-corrected chi connectivity index (χ2v) is 5.58. The predicted octanol–water partition coefficient (Wildman–Crippen LogP) is 4.32. The summed E-state index contributed by atoms with van der Waals surface area (Å²) in [5, 5.41) is 0.767. The van der Waals surface area contributed by atoms with Gasteiger partial charge >= 0.3 is 0 Å². The van der Waals surface area contributed by atoms with Gasteiger partial charge in [0.25, 0.3) is 0 Å². The molecule has 0 radical (unpaired) electrons. The number of benzene rings is 2. The van der Waals surface area contributed by atoms with Crippen LogP contribution in [0.3, 0.4) is 0 Å². The highest BCUT2D eigenvalue weighted by Crippen LogP contribution is 2.30. The largest absolute Gasteiger partial charge is 0.496 e. The molecule has 0 saturated carbocycles. The minimum Gasteiger partial charge on any atom is -0.496 e. The van der Waals surface area contributed by atoms with E-state index in [2.05, 4.69) is 12.1 Å². The van der Waals surface area contributed by atoms with Gasteiger partial charge in [-0.2, -0.15) is 0 Å². The maximum Gasteiger partial charge on any atom is 0.124 e. The third kappa shape index (κ3) is 2.82. The van der Waals surface area contributed by atoms with E-state index in [9.17, 15) is 0 Å². The average molecular weight is 290 g/mol. The fourth-order valence-corrected chi connectivity index (χ4v) is 2.66. The molecule has 0 aromatic heterocycles. The number of methoxy groups -OCH3 is 1. The summed E-state index contributed by atoms with van der Waals surface area (Å²) in [4.78, 5) is 0. The lowest BCUT2D eigenvalue weighted by atomic mass is 9.95. The number of rotatable bonds is 3.